The van der Waals surface area contributed by atoms with Gasteiger partial charge in [-0.2, -0.15) is 13.2 Å². The van der Waals surface area contributed by atoms with Crippen LogP contribution in [0.4, 0.5) is 13.2 Å². The van der Waals surface area contributed by atoms with Gasteiger partial charge in [-0.1, -0.05) is 24.3 Å². The summed E-state index contributed by atoms with van der Waals surface area (Å²) in [4.78, 5) is 40.6. The molecule has 3 heterocycles. The highest BCUT2D eigenvalue weighted by molar-refractivity contribution is 6.05. The van der Waals surface area contributed by atoms with Crippen molar-refractivity contribution in [2.75, 3.05) is 26.8 Å². The summed E-state index contributed by atoms with van der Waals surface area (Å²) in [6.45, 7) is 2.57. The van der Waals surface area contributed by atoms with Crippen LogP contribution in [0.3, 0.4) is 0 Å². The number of benzene rings is 2. The van der Waals surface area contributed by atoms with E-state index in [0.717, 1.165) is 34.4 Å². The smallest absolute Gasteiger partial charge is 0.384 e. The topological polar surface area (TPSA) is 79.0 Å². The number of amides is 3. The van der Waals surface area contributed by atoms with Gasteiger partial charge in [0.15, 0.2) is 0 Å². The third-order valence-electron chi connectivity index (χ3n) is 7.40. The molecule has 2 unspecified atom stereocenters. The number of carbonyl (C=O) groups excluding carboxylic acids is 3. The fourth-order valence-corrected chi connectivity index (χ4v) is 5.52. The SMILES string of the molecule is COCC1CN(Cc2ccc(C(F)(F)F)cc2)CC=C1c1ccc2c(c1)CN(C1CCC(=O)NC1=O)C2=O. The van der Waals surface area contributed by atoms with Gasteiger partial charge in [-0.05, 0) is 52.9 Å². The molecule has 0 radical (unpaired) electrons. The summed E-state index contributed by atoms with van der Waals surface area (Å²) in [7, 11) is 1.63. The van der Waals surface area contributed by atoms with Crippen LogP contribution in [0.25, 0.3) is 5.57 Å². The Bertz CT molecular complexity index is 1290. The Balaban J connectivity index is 1.31. The minimum absolute atomic E-state index is 0.0320. The number of hydrogen-bond donors (Lipinski definition) is 1. The monoisotopic (exact) mass is 527 g/mol. The van der Waals surface area contributed by atoms with Gasteiger partial charge < -0.3 is 9.64 Å². The predicted octanol–water partition coefficient (Wildman–Crippen LogP) is 3.63. The lowest BCUT2D eigenvalue weighted by molar-refractivity contribution is -0.138. The maximum Gasteiger partial charge on any atom is 0.416 e. The van der Waals surface area contributed by atoms with E-state index < -0.39 is 23.7 Å². The van der Waals surface area contributed by atoms with Gasteiger partial charge in [-0.25, -0.2) is 0 Å². The van der Waals surface area contributed by atoms with E-state index in [1.165, 1.54) is 17.0 Å². The number of methoxy groups -OCH3 is 1. The number of halogens is 3. The van der Waals surface area contributed by atoms with Crippen LogP contribution in [0.2, 0.25) is 0 Å². The van der Waals surface area contributed by atoms with Crippen molar-refractivity contribution in [1.29, 1.82) is 0 Å². The average Bonchev–Trinajstić information content (AvgIpc) is 3.19. The number of imide groups is 1. The van der Waals surface area contributed by atoms with E-state index in [9.17, 15) is 27.6 Å². The Morgan fingerprint density at radius 1 is 1.08 bits per heavy atom. The number of alkyl halides is 3. The summed E-state index contributed by atoms with van der Waals surface area (Å²) in [6, 6.07) is 10.3. The van der Waals surface area contributed by atoms with Gasteiger partial charge >= 0.3 is 6.18 Å². The first-order valence-corrected chi connectivity index (χ1v) is 12.5. The van der Waals surface area contributed by atoms with E-state index >= 15 is 0 Å². The van der Waals surface area contributed by atoms with E-state index in [4.69, 9.17) is 4.74 Å². The van der Waals surface area contributed by atoms with Crippen LogP contribution in [0.1, 0.15) is 45.5 Å². The number of nitrogens with zero attached hydrogens (tertiary/aromatic N) is 2. The van der Waals surface area contributed by atoms with Crippen molar-refractivity contribution in [1.82, 2.24) is 15.1 Å². The van der Waals surface area contributed by atoms with Gasteiger partial charge in [0.2, 0.25) is 11.8 Å². The summed E-state index contributed by atoms with van der Waals surface area (Å²) >= 11 is 0. The maximum atomic E-state index is 13.0. The number of piperidine rings is 1. The second kappa shape index (κ2) is 10.3. The highest BCUT2D eigenvalue weighted by Gasteiger charge is 2.39. The molecule has 10 heteroatoms. The Morgan fingerprint density at radius 3 is 2.53 bits per heavy atom. The molecule has 1 N–H and O–H groups in total. The summed E-state index contributed by atoms with van der Waals surface area (Å²) in [5.41, 5.74) is 3.59. The number of nitrogens with one attached hydrogen (secondary N) is 1. The van der Waals surface area contributed by atoms with Crippen LogP contribution in [-0.4, -0.2) is 60.4 Å². The molecule has 5 rings (SSSR count). The van der Waals surface area contributed by atoms with Crippen molar-refractivity contribution in [3.8, 4) is 0 Å². The first-order valence-electron chi connectivity index (χ1n) is 12.5. The molecule has 200 valence electrons. The van der Waals surface area contributed by atoms with Crippen LogP contribution >= 0.6 is 0 Å². The molecule has 2 atom stereocenters. The molecular weight excluding hydrogens is 499 g/mol. The minimum Gasteiger partial charge on any atom is -0.384 e. The fraction of sp³-hybridized carbons (Fsp3) is 0.393. The van der Waals surface area contributed by atoms with Crippen molar-refractivity contribution >= 4 is 23.3 Å². The number of carbonyl (C=O) groups is 3. The molecule has 0 spiro atoms. The number of fused-ring (bicyclic) bond motifs is 1. The zero-order valence-corrected chi connectivity index (χ0v) is 20.9. The van der Waals surface area contributed by atoms with Crippen LogP contribution in [0, 0.1) is 5.92 Å². The van der Waals surface area contributed by atoms with E-state index in [2.05, 4.69) is 16.3 Å². The fourth-order valence-electron chi connectivity index (χ4n) is 5.52. The van der Waals surface area contributed by atoms with Crippen LogP contribution < -0.4 is 5.32 Å². The zero-order chi connectivity index (χ0) is 27.0. The second-order valence-corrected chi connectivity index (χ2v) is 9.97. The second-order valence-electron chi connectivity index (χ2n) is 9.97. The van der Waals surface area contributed by atoms with Gasteiger partial charge in [0, 0.05) is 51.2 Å². The van der Waals surface area contributed by atoms with E-state index in [1.807, 2.05) is 12.1 Å². The summed E-state index contributed by atoms with van der Waals surface area (Å²) in [5.74, 6) is -0.941. The molecule has 38 heavy (non-hydrogen) atoms. The maximum absolute atomic E-state index is 13.0. The Hall–Kier alpha value is -3.50. The zero-order valence-electron chi connectivity index (χ0n) is 20.9. The molecule has 3 aliphatic rings. The van der Waals surface area contributed by atoms with Gasteiger partial charge in [0.1, 0.15) is 6.04 Å². The number of hydrogen-bond acceptors (Lipinski definition) is 5. The van der Waals surface area contributed by atoms with Crippen molar-refractivity contribution in [2.45, 2.75) is 38.1 Å². The van der Waals surface area contributed by atoms with Gasteiger partial charge in [0.25, 0.3) is 5.91 Å². The summed E-state index contributed by atoms with van der Waals surface area (Å²) in [6.07, 6.45) is -1.73. The normalized spacial score (nSPS) is 22.4. The van der Waals surface area contributed by atoms with Crippen LogP contribution in [0.5, 0.6) is 0 Å². The van der Waals surface area contributed by atoms with Crippen molar-refractivity contribution in [3.05, 3.63) is 76.4 Å². The van der Waals surface area contributed by atoms with Crippen LogP contribution in [-0.2, 0) is 33.6 Å². The highest BCUT2D eigenvalue weighted by Crippen LogP contribution is 2.34. The van der Waals surface area contributed by atoms with Gasteiger partial charge in [-0.3, -0.25) is 24.6 Å². The van der Waals surface area contributed by atoms with Gasteiger partial charge in [0.05, 0.1) is 12.2 Å². The standard InChI is InChI=1S/C28H28F3N3O4/c1-38-16-20-14-33(13-17-2-5-21(6-3-17)28(29,30)31)11-10-22(20)18-4-7-23-19(12-18)15-34(27(23)37)24-8-9-25(35)32-26(24)36/h2-7,10,12,20,24H,8-9,11,13-16H2,1H3,(H,32,35,36). The lowest BCUT2D eigenvalue weighted by atomic mass is 9.88. The minimum atomic E-state index is -4.36. The molecule has 3 amide bonds. The van der Waals surface area contributed by atoms with Gasteiger partial charge in [-0.15, -0.1) is 0 Å². The summed E-state index contributed by atoms with van der Waals surface area (Å²) < 4.78 is 44.1. The largest absolute Gasteiger partial charge is 0.416 e. The number of ether oxygens (including phenoxy) is 1. The van der Waals surface area contributed by atoms with Crippen molar-refractivity contribution in [2.24, 2.45) is 5.92 Å². The summed E-state index contributed by atoms with van der Waals surface area (Å²) in [5, 5.41) is 2.32. The molecule has 1 saturated heterocycles. The van der Waals surface area contributed by atoms with E-state index in [0.29, 0.717) is 44.8 Å². The Labute approximate surface area is 218 Å². The molecule has 0 aromatic heterocycles. The quantitative estimate of drug-likeness (QED) is 0.581. The van der Waals surface area contributed by atoms with Crippen molar-refractivity contribution < 1.29 is 32.3 Å². The molecular formula is C28H28F3N3O4. The number of rotatable bonds is 6. The Kier molecular flexibility index (Phi) is 7.11. The Morgan fingerprint density at radius 2 is 1.84 bits per heavy atom. The molecule has 2 aromatic rings. The third-order valence-corrected chi connectivity index (χ3v) is 7.40. The first kappa shape index (κ1) is 26.1. The molecule has 1 fully saturated rings. The van der Waals surface area contributed by atoms with E-state index in [-0.39, 0.29) is 24.2 Å². The molecule has 3 aliphatic heterocycles. The predicted molar refractivity (Wildman–Crippen MR) is 133 cm³/mol. The molecule has 0 bridgehead atoms. The lowest BCUT2D eigenvalue weighted by Crippen LogP contribution is -2.52. The molecule has 2 aromatic carbocycles. The third kappa shape index (κ3) is 5.23. The molecule has 7 nitrogen and oxygen atoms in total. The molecule has 0 aliphatic carbocycles. The highest BCUT2D eigenvalue weighted by atomic mass is 19.4. The lowest BCUT2D eigenvalue weighted by Gasteiger charge is -2.33. The van der Waals surface area contributed by atoms with E-state index in [1.54, 1.807) is 13.2 Å². The van der Waals surface area contributed by atoms with Crippen LogP contribution in [0.15, 0.2) is 48.5 Å². The molecule has 0 saturated carbocycles. The average molecular weight is 528 g/mol. The first-order chi connectivity index (χ1) is 18.1. The van der Waals surface area contributed by atoms with Crippen molar-refractivity contribution in [3.63, 3.8) is 0 Å².